The summed E-state index contributed by atoms with van der Waals surface area (Å²) in [6, 6.07) is 0. The van der Waals surface area contributed by atoms with Crippen molar-refractivity contribution in [1.29, 1.82) is 0 Å². The van der Waals surface area contributed by atoms with Crippen LogP contribution in [0.15, 0.2) is 10.8 Å². The number of anilines is 1. The molecule has 0 aromatic carbocycles. The lowest BCUT2D eigenvalue weighted by Gasteiger charge is -1.93. The maximum absolute atomic E-state index is 10.3. The number of nitrogens with zero attached hydrogens (tertiary/aromatic N) is 2. The number of hydrogen-bond donors (Lipinski definition) is 2. The highest BCUT2D eigenvalue weighted by Crippen LogP contribution is 1.98. The van der Waals surface area contributed by atoms with Gasteiger partial charge in [-0.2, -0.15) is 8.42 Å². The maximum atomic E-state index is 10.3. The van der Waals surface area contributed by atoms with Crippen molar-refractivity contribution < 1.29 is 12.9 Å². The SMILES string of the molecule is NS(=O)(=O)Nc1conn1. The Morgan fingerprint density at radius 1 is 1.70 bits per heavy atom. The van der Waals surface area contributed by atoms with E-state index in [1.54, 1.807) is 0 Å². The molecule has 0 amide bonds. The Hall–Kier alpha value is -1.15. The second-order valence-corrected chi connectivity index (χ2v) is 2.73. The van der Waals surface area contributed by atoms with Crippen molar-refractivity contribution in [3.63, 3.8) is 0 Å². The first-order valence-electron chi connectivity index (χ1n) is 2.15. The summed E-state index contributed by atoms with van der Waals surface area (Å²) in [7, 11) is -3.76. The van der Waals surface area contributed by atoms with Crippen LogP contribution in [-0.4, -0.2) is 18.8 Å². The molecular formula is C2H4N4O3S. The van der Waals surface area contributed by atoms with E-state index in [0.29, 0.717) is 0 Å². The lowest BCUT2D eigenvalue weighted by atomic mass is 10.8. The summed E-state index contributed by atoms with van der Waals surface area (Å²) in [5.41, 5.74) is 0. The highest BCUT2D eigenvalue weighted by atomic mass is 32.2. The van der Waals surface area contributed by atoms with Crippen LogP contribution in [-0.2, 0) is 10.2 Å². The van der Waals surface area contributed by atoms with Crippen molar-refractivity contribution in [2.24, 2.45) is 5.14 Å². The Balaban J connectivity index is 2.75. The molecule has 0 aliphatic rings. The minimum atomic E-state index is -3.76. The summed E-state index contributed by atoms with van der Waals surface area (Å²) in [5, 5.41) is 10.8. The molecule has 0 spiro atoms. The lowest BCUT2D eigenvalue weighted by Crippen LogP contribution is -2.21. The monoisotopic (exact) mass is 164 g/mol. The van der Waals surface area contributed by atoms with Gasteiger partial charge < -0.3 is 4.52 Å². The molecule has 0 atom stereocenters. The van der Waals surface area contributed by atoms with Crippen LogP contribution < -0.4 is 9.86 Å². The van der Waals surface area contributed by atoms with Gasteiger partial charge in [-0.1, -0.05) is 5.10 Å². The standard InChI is InChI=1S/C2H4N4O3S/c3-10(7,8)5-2-1-9-6-4-2/h1,5H,(H2,3,7,8). The average molecular weight is 164 g/mol. The van der Waals surface area contributed by atoms with Gasteiger partial charge in [0.05, 0.1) is 0 Å². The third-order valence-electron chi connectivity index (χ3n) is 0.607. The molecular weight excluding hydrogens is 160 g/mol. The molecule has 0 fully saturated rings. The van der Waals surface area contributed by atoms with Crippen LogP contribution in [0, 0.1) is 0 Å². The molecule has 10 heavy (non-hydrogen) atoms. The van der Waals surface area contributed by atoms with Crippen LogP contribution in [0.2, 0.25) is 0 Å². The predicted molar refractivity (Wildman–Crippen MR) is 31.0 cm³/mol. The first-order valence-corrected chi connectivity index (χ1v) is 3.70. The third-order valence-corrected chi connectivity index (χ3v) is 1.10. The largest absolute Gasteiger partial charge is 0.343 e. The molecule has 0 radical (unpaired) electrons. The van der Waals surface area contributed by atoms with Gasteiger partial charge in [0.25, 0.3) is 10.2 Å². The second-order valence-electron chi connectivity index (χ2n) is 1.44. The Labute approximate surface area is 56.4 Å². The van der Waals surface area contributed by atoms with Gasteiger partial charge in [-0.3, -0.25) is 4.72 Å². The minimum Gasteiger partial charge on any atom is -0.343 e. The lowest BCUT2D eigenvalue weighted by molar-refractivity contribution is 0.393. The molecule has 1 rings (SSSR count). The molecule has 3 N–H and O–H groups in total. The van der Waals surface area contributed by atoms with Gasteiger partial charge in [-0.15, -0.1) is 0 Å². The van der Waals surface area contributed by atoms with Crippen LogP contribution in [0.25, 0.3) is 0 Å². The molecule has 0 unspecified atom stereocenters. The van der Waals surface area contributed by atoms with Gasteiger partial charge >= 0.3 is 0 Å². The molecule has 0 saturated carbocycles. The zero-order chi connectivity index (χ0) is 7.61. The van der Waals surface area contributed by atoms with Crippen LogP contribution >= 0.6 is 0 Å². The average Bonchev–Trinajstić information content (AvgIpc) is 2.12. The smallest absolute Gasteiger partial charge is 0.297 e. The Bertz CT molecular complexity index is 288. The maximum Gasteiger partial charge on any atom is 0.297 e. The van der Waals surface area contributed by atoms with E-state index in [4.69, 9.17) is 0 Å². The summed E-state index contributed by atoms with van der Waals surface area (Å²) in [5.74, 6) is -0.0394. The van der Waals surface area contributed by atoms with Crippen LogP contribution in [0.4, 0.5) is 5.82 Å². The molecule has 0 aliphatic heterocycles. The summed E-state index contributed by atoms with van der Waals surface area (Å²) in [6.07, 6.45) is 1.02. The van der Waals surface area contributed by atoms with Crippen molar-refractivity contribution in [2.45, 2.75) is 0 Å². The molecule has 0 bridgehead atoms. The molecule has 0 aliphatic carbocycles. The van der Waals surface area contributed by atoms with Crippen LogP contribution in [0.3, 0.4) is 0 Å². The Morgan fingerprint density at radius 2 is 2.40 bits per heavy atom. The van der Waals surface area contributed by atoms with E-state index < -0.39 is 10.2 Å². The normalized spacial score (nSPS) is 11.3. The highest BCUT2D eigenvalue weighted by molar-refractivity contribution is 7.90. The topological polar surface area (TPSA) is 111 Å². The number of rotatable bonds is 2. The Kier molecular flexibility index (Phi) is 1.55. The quantitative estimate of drug-likeness (QED) is 0.563. The predicted octanol–water partition coefficient (Wildman–Crippen LogP) is -1.32. The van der Waals surface area contributed by atoms with Gasteiger partial charge in [0.1, 0.15) is 0 Å². The zero-order valence-electron chi connectivity index (χ0n) is 4.68. The van der Waals surface area contributed by atoms with E-state index in [9.17, 15) is 8.42 Å². The first kappa shape index (κ1) is 6.96. The second kappa shape index (κ2) is 2.23. The minimum absolute atomic E-state index is 0.0394. The van der Waals surface area contributed by atoms with Gasteiger partial charge in [-0.25, -0.2) is 5.14 Å². The van der Waals surface area contributed by atoms with E-state index in [1.165, 1.54) is 0 Å². The fourth-order valence-corrected chi connectivity index (χ4v) is 0.735. The van der Waals surface area contributed by atoms with Crippen molar-refractivity contribution in [3.05, 3.63) is 6.26 Å². The summed E-state index contributed by atoms with van der Waals surface area (Å²) >= 11 is 0. The fourth-order valence-electron chi connectivity index (χ4n) is 0.355. The summed E-state index contributed by atoms with van der Waals surface area (Å²) < 4.78 is 26.6. The fraction of sp³-hybridized carbons (Fsp3) is 0. The third kappa shape index (κ3) is 1.99. The number of aromatic nitrogens is 2. The molecule has 8 heteroatoms. The van der Waals surface area contributed by atoms with Crippen molar-refractivity contribution in [2.75, 3.05) is 4.72 Å². The molecule has 7 nitrogen and oxygen atoms in total. The Morgan fingerprint density at radius 3 is 2.80 bits per heavy atom. The molecule has 0 saturated heterocycles. The molecule has 1 aromatic heterocycles. The van der Waals surface area contributed by atoms with E-state index in [1.807, 2.05) is 4.72 Å². The van der Waals surface area contributed by atoms with Crippen LogP contribution in [0.1, 0.15) is 0 Å². The number of nitrogens with two attached hydrogens (primary N) is 1. The van der Waals surface area contributed by atoms with Gasteiger partial charge in [-0.05, 0) is 0 Å². The molecule has 1 heterocycles. The number of nitrogens with one attached hydrogen (secondary N) is 1. The summed E-state index contributed by atoms with van der Waals surface area (Å²) in [4.78, 5) is 0. The van der Waals surface area contributed by atoms with Crippen molar-refractivity contribution in [1.82, 2.24) is 10.4 Å². The number of hydrogen-bond acceptors (Lipinski definition) is 5. The van der Waals surface area contributed by atoms with E-state index >= 15 is 0 Å². The summed E-state index contributed by atoms with van der Waals surface area (Å²) in [6.45, 7) is 0. The van der Waals surface area contributed by atoms with Gasteiger partial charge in [0, 0.05) is 5.27 Å². The first-order chi connectivity index (χ1) is 4.58. The van der Waals surface area contributed by atoms with E-state index in [2.05, 4.69) is 20.0 Å². The molecule has 56 valence electrons. The zero-order valence-corrected chi connectivity index (χ0v) is 5.50. The highest BCUT2D eigenvalue weighted by Gasteiger charge is 2.03. The van der Waals surface area contributed by atoms with Gasteiger partial charge in [0.2, 0.25) is 5.82 Å². The molecule has 1 aromatic rings. The van der Waals surface area contributed by atoms with Crippen LogP contribution in [0.5, 0.6) is 0 Å². The van der Waals surface area contributed by atoms with Gasteiger partial charge in [0.15, 0.2) is 6.26 Å². The van der Waals surface area contributed by atoms with Crippen molar-refractivity contribution >= 4 is 16.0 Å². The van der Waals surface area contributed by atoms with E-state index in [-0.39, 0.29) is 5.82 Å². The van der Waals surface area contributed by atoms with Crippen molar-refractivity contribution in [3.8, 4) is 0 Å². The van der Waals surface area contributed by atoms with E-state index in [0.717, 1.165) is 6.26 Å².